The largest absolute Gasteiger partial charge is 0.481 e. The first-order valence-corrected chi connectivity index (χ1v) is 5.40. The monoisotopic (exact) mass is 208 g/mol. The lowest BCUT2D eigenvalue weighted by Gasteiger charge is -1.89. The average molecular weight is 208 g/mol. The van der Waals surface area contributed by atoms with Gasteiger partial charge in [0.05, 0.1) is 0 Å². The Hall–Kier alpha value is -1.31. The summed E-state index contributed by atoms with van der Waals surface area (Å²) in [7, 11) is 0. The number of unbranched alkanes of at least 4 members (excludes halogenated alkanes) is 2. The van der Waals surface area contributed by atoms with E-state index in [2.05, 4.69) is 26.0 Å². The molecule has 0 saturated heterocycles. The number of aryl methyl sites for hydroxylation is 1. The van der Waals surface area contributed by atoms with Gasteiger partial charge in [-0.05, 0) is 13.3 Å². The van der Waals surface area contributed by atoms with Gasteiger partial charge in [0.25, 0.3) is 0 Å². The lowest BCUT2D eigenvalue weighted by Crippen LogP contribution is -1.92. The molecule has 15 heavy (non-hydrogen) atoms. The Kier molecular flexibility index (Phi) is 8.44. The summed E-state index contributed by atoms with van der Waals surface area (Å²) in [6, 6.07) is 10.3. The molecule has 0 aromatic heterocycles. The van der Waals surface area contributed by atoms with Crippen LogP contribution in [0.2, 0.25) is 0 Å². The van der Waals surface area contributed by atoms with E-state index in [1.807, 2.05) is 18.2 Å². The highest BCUT2D eigenvalue weighted by Crippen LogP contribution is 1.97. The maximum atomic E-state index is 9.87. The van der Waals surface area contributed by atoms with Crippen LogP contribution >= 0.6 is 0 Å². The summed E-state index contributed by atoms with van der Waals surface area (Å²) in [5, 5.41) is 8.14. The van der Waals surface area contributed by atoms with E-state index in [9.17, 15) is 4.79 Å². The molecule has 1 N–H and O–H groups in total. The van der Waals surface area contributed by atoms with Crippen molar-refractivity contribution in [3.05, 3.63) is 35.9 Å². The molecule has 0 unspecified atom stereocenters. The molecule has 0 aliphatic rings. The zero-order chi connectivity index (χ0) is 11.5. The van der Waals surface area contributed by atoms with E-state index in [1.54, 1.807) is 0 Å². The van der Waals surface area contributed by atoms with Crippen molar-refractivity contribution in [3.63, 3.8) is 0 Å². The molecule has 84 valence electrons. The molecule has 0 aliphatic carbocycles. The first kappa shape index (κ1) is 13.7. The van der Waals surface area contributed by atoms with Crippen LogP contribution in [-0.2, 0) is 4.79 Å². The predicted octanol–water partition coefficient (Wildman–Crippen LogP) is 3.65. The Morgan fingerprint density at radius 2 is 1.80 bits per heavy atom. The van der Waals surface area contributed by atoms with Crippen LogP contribution in [0, 0.1) is 6.92 Å². The number of carbonyl (C=O) groups is 1. The third-order valence-electron chi connectivity index (χ3n) is 1.93. The molecule has 2 nitrogen and oxygen atoms in total. The van der Waals surface area contributed by atoms with E-state index in [0.717, 1.165) is 19.3 Å². The molecule has 0 amide bonds. The van der Waals surface area contributed by atoms with E-state index in [0.29, 0.717) is 6.42 Å². The topological polar surface area (TPSA) is 37.3 Å². The zero-order valence-electron chi connectivity index (χ0n) is 9.57. The van der Waals surface area contributed by atoms with E-state index in [-0.39, 0.29) is 0 Å². The molecule has 0 radical (unpaired) electrons. The number of benzene rings is 1. The smallest absolute Gasteiger partial charge is 0.303 e. The van der Waals surface area contributed by atoms with Crippen molar-refractivity contribution >= 4 is 5.97 Å². The number of rotatable bonds is 4. The summed E-state index contributed by atoms with van der Waals surface area (Å²) in [6.45, 7) is 4.14. The zero-order valence-corrected chi connectivity index (χ0v) is 9.57. The fourth-order valence-corrected chi connectivity index (χ4v) is 1.06. The van der Waals surface area contributed by atoms with Crippen LogP contribution < -0.4 is 0 Å². The van der Waals surface area contributed by atoms with Crippen LogP contribution in [0.25, 0.3) is 0 Å². The van der Waals surface area contributed by atoms with Crippen molar-refractivity contribution in [2.24, 2.45) is 0 Å². The molecule has 2 heteroatoms. The Morgan fingerprint density at radius 1 is 1.20 bits per heavy atom. The third kappa shape index (κ3) is 10.6. The molecule has 0 fully saturated rings. The second-order valence-electron chi connectivity index (χ2n) is 3.51. The van der Waals surface area contributed by atoms with Gasteiger partial charge in [-0.3, -0.25) is 4.79 Å². The van der Waals surface area contributed by atoms with E-state index in [4.69, 9.17) is 5.11 Å². The summed E-state index contributed by atoms with van der Waals surface area (Å²) in [5.41, 5.74) is 1.32. The first-order chi connectivity index (χ1) is 7.16. The Morgan fingerprint density at radius 3 is 2.13 bits per heavy atom. The van der Waals surface area contributed by atoms with Gasteiger partial charge in [-0.1, -0.05) is 55.7 Å². The van der Waals surface area contributed by atoms with Gasteiger partial charge in [-0.25, -0.2) is 0 Å². The number of hydrogen-bond donors (Lipinski definition) is 1. The Bertz CT molecular complexity index is 254. The number of hydrogen-bond acceptors (Lipinski definition) is 1. The van der Waals surface area contributed by atoms with Crippen molar-refractivity contribution < 1.29 is 9.90 Å². The van der Waals surface area contributed by atoms with Crippen LogP contribution in [0.5, 0.6) is 0 Å². The lowest BCUT2D eigenvalue weighted by atomic mass is 10.2. The average Bonchev–Trinajstić information content (AvgIpc) is 2.20. The fraction of sp³-hybridized carbons (Fsp3) is 0.462. The molecule has 0 bridgehead atoms. The molecule has 0 spiro atoms. The van der Waals surface area contributed by atoms with Gasteiger partial charge in [0.15, 0.2) is 0 Å². The Balaban J connectivity index is 0.000000262. The molecule has 1 aromatic carbocycles. The van der Waals surface area contributed by atoms with E-state index >= 15 is 0 Å². The van der Waals surface area contributed by atoms with Gasteiger partial charge in [0.2, 0.25) is 0 Å². The molecule has 1 rings (SSSR count). The number of carboxylic acid groups (broad SMARTS) is 1. The predicted molar refractivity (Wildman–Crippen MR) is 63.0 cm³/mol. The van der Waals surface area contributed by atoms with Crippen molar-refractivity contribution in [2.75, 3.05) is 0 Å². The molecule has 0 saturated carbocycles. The molecule has 1 aromatic rings. The molecular formula is C13H20O2. The summed E-state index contributed by atoms with van der Waals surface area (Å²) < 4.78 is 0. The molecule has 0 heterocycles. The van der Waals surface area contributed by atoms with Crippen LogP contribution in [0.4, 0.5) is 0 Å². The van der Waals surface area contributed by atoms with Gasteiger partial charge >= 0.3 is 5.97 Å². The highest BCUT2D eigenvalue weighted by Gasteiger charge is 1.92. The minimum Gasteiger partial charge on any atom is -0.481 e. The summed E-state index contributed by atoms with van der Waals surface area (Å²) in [4.78, 5) is 9.87. The minimum atomic E-state index is -0.682. The second-order valence-corrected chi connectivity index (χ2v) is 3.51. The summed E-state index contributed by atoms with van der Waals surface area (Å²) in [6.07, 6.45) is 3.28. The number of aliphatic carboxylic acids is 1. The van der Waals surface area contributed by atoms with Gasteiger partial charge < -0.3 is 5.11 Å². The van der Waals surface area contributed by atoms with Crippen molar-refractivity contribution in [1.82, 2.24) is 0 Å². The summed E-state index contributed by atoms with van der Waals surface area (Å²) in [5.74, 6) is -0.682. The fourth-order valence-electron chi connectivity index (χ4n) is 1.06. The second kappa shape index (κ2) is 9.25. The van der Waals surface area contributed by atoms with E-state index in [1.165, 1.54) is 5.56 Å². The Labute approximate surface area is 91.9 Å². The molecule has 0 atom stereocenters. The van der Waals surface area contributed by atoms with Gasteiger partial charge in [0, 0.05) is 6.42 Å². The van der Waals surface area contributed by atoms with Gasteiger partial charge in [0.1, 0.15) is 0 Å². The maximum Gasteiger partial charge on any atom is 0.303 e. The van der Waals surface area contributed by atoms with Gasteiger partial charge in [-0.15, -0.1) is 0 Å². The minimum absolute atomic E-state index is 0.327. The van der Waals surface area contributed by atoms with Crippen LogP contribution in [0.1, 0.15) is 38.2 Å². The SMILES string of the molecule is CCCCCC(=O)O.Cc1ccccc1. The molecule has 0 aliphatic heterocycles. The van der Waals surface area contributed by atoms with Crippen molar-refractivity contribution in [1.29, 1.82) is 0 Å². The first-order valence-electron chi connectivity index (χ1n) is 5.40. The normalized spacial score (nSPS) is 8.93. The lowest BCUT2D eigenvalue weighted by molar-refractivity contribution is -0.137. The quantitative estimate of drug-likeness (QED) is 0.767. The van der Waals surface area contributed by atoms with Crippen LogP contribution in [-0.4, -0.2) is 11.1 Å². The summed E-state index contributed by atoms with van der Waals surface area (Å²) >= 11 is 0. The highest BCUT2D eigenvalue weighted by molar-refractivity contribution is 5.66. The standard InChI is InChI=1S/C7H8.C6H12O2/c1-7-5-3-2-4-6-7;1-2-3-4-5-6(7)8/h2-6H,1H3;2-5H2,1H3,(H,7,8). The van der Waals surface area contributed by atoms with Crippen molar-refractivity contribution in [3.8, 4) is 0 Å². The third-order valence-corrected chi connectivity index (χ3v) is 1.93. The van der Waals surface area contributed by atoms with Crippen LogP contribution in [0.3, 0.4) is 0 Å². The van der Waals surface area contributed by atoms with Gasteiger partial charge in [-0.2, -0.15) is 0 Å². The maximum absolute atomic E-state index is 9.87. The van der Waals surface area contributed by atoms with Crippen molar-refractivity contribution in [2.45, 2.75) is 39.5 Å². The highest BCUT2D eigenvalue weighted by atomic mass is 16.4. The van der Waals surface area contributed by atoms with Crippen LogP contribution in [0.15, 0.2) is 30.3 Å². The molecular weight excluding hydrogens is 188 g/mol. The van der Waals surface area contributed by atoms with E-state index < -0.39 is 5.97 Å². The number of carboxylic acids is 1.